The molecule has 0 radical (unpaired) electrons. The van der Waals surface area contributed by atoms with Gasteiger partial charge in [0.2, 0.25) is 0 Å². The lowest BCUT2D eigenvalue weighted by Gasteiger charge is -2.01. The topological polar surface area (TPSA) is 128 Å². The fraction of sp³-hybridized carbons (Fsp3) is 0.857. The molecule has 0 saturated carbocycles. The minimum Gasteiger partial charge on any atom is -0.479 e. The van der Waals surface area contributed by atoms with E-state index in [1.54, 1.807) is 0 Å². The molecule has 0 aromatic carbocycles. The van der Waals surface area contributed by atoms with Gasteiger partial charge in [-0.25, -0.2) is 4.79 Å². The van der Waals surface area contributed by atoms with Crippen molar-refractivity contribution in [3.8, 4) is 0 Å². The van der Waals surface area contributed by atoms with E-state index in [4.69, 9.17) is 20.4 Å². The minimum absolute atomic E-state index is 0.0600. The average molecular weight is 227 g/mol. The molecule has 0 bridgehead atoms. The van der Waals surface area contributed by atoms with Crippen molar-refractivity contribution in [3.05, 3.63) is 0 Å². The summed E-state index contributed by atoms with van der Waals surface area (Å²) >= 11 is 0. The Kier molecular flexibility index (Phi) is 14.7. The van der Waals surface area contributed by atoms with Crippen molar-refractivity contribution in [2.24, 2.45) is 0 Å². The van der Waals surface area contributed by atoms with Crippen LogP contribution in [0.5, 0.6) is 0 Å². The molecule has 1 unspecified atom stereocenters. The Morgan fingerprint density at radius 2 is 1.60 bits per heavy atom. The Bertz CT molecular complexity index is 135. The predicted octanol–water partition coefficient (Wildman–Crippen LogP) is -2.12. The maximum atomic E-state index is 9.45. The quantitative estimate of drug-likeness (QED) is 0.246. The Balaban J connectivity index is 0. The summed E-state index contributed by atoms with van der Waals surface area (Å²) in [5, 5.41) is 32.1. The second kappa shape index (κ2) is 13.2. The second-order valence-corrected chi connectivity index (χ2v) is 2.24. The lowest BCUT2D eigenvalue weighted by atomic mass is 10.4. The molecule has 0 heterocycles. The Morgan fingerprint density at radius 3 is 1.80 bits per heavy atom. The number of rotatable bonds is 7. The van der Waals surface area contributed by atoms with Gasteiger partial charge in [0.15, 0.2) is 0 Å². The Morgan fingerprint density at radius 1 is 1.27 bits per heavy atom. The van der Waals surface area contributed by atoms with E-state index in [9.17, 15) is 4.79 Å². The number of hydrogen-bond donors (Lipinski definition) is 5. The van der Waals surface area contributed by atoms with Crippen LogP contribution < -0.4 is 5.64 Å². The van der Waals surface area contributed by atoms with Crippen LogP contribution in [0.3, 0.4) is 0 Å². The molecule has 92 valence electrons. The first-order chi connectivity index (χ1) is 7.06. The average Bonchev–Trinajstić information content (AvgIpc) is 2.18. The molecule has 0 aromatic rings. The smallest absolute Gasteiger partial charge is 0.332 e. The maximum absolute atomic E-state index is 9.45. The molecule has 0 fully saturated rings. The first-order valence-corrected chi connectivity index (χ1v) is 4.17. The number of aliphatic hydroxyl groups excluding tert-OH is 3. The molecule has 0 aliphatic rings. The van der Waals surface area contributed by atoms with E-state index in [1.165, 1.54) is 6.92 Å². The summed E-state index contributed by atoms with van der Waals surface area (Å²) in [4.78, 5) is 18.4. The van der Waals surface area contributed by atoms with Crippen LogP contribution in [0.1, 0.15) is 6.92 Å². The van der Waals surface area contributed by atoms with Gasteiger partial charge in [-0.1, -0.05) is 5.64 Å². The summed E-state index contributed by atoms with van der Waals surface area (Å²) in [6, 6.07) is 0. The molecule has 0 amide bonds. The molecule has 0 aromatic heterocycles. The molecular formula is C7H17NO7. The van der Waals surface area contributed by atoms with Crippen LogP contribution in [-0.2, 0) is 14.5 Å². The van der Waals surface area contributed by atoms with Gasteiger partial charge in [-0.05, 0) is 6.92 Å². The first-order valence-electron chi connectivity index (χ1n) is 4.17. The third-order valence-corrected chi connectivity index (χ3v) is 0.862. The number of carboxylic acid groups (broad SMARTS) is 1. The fourth-order valence-corrected chi connectivity index (χ4v) is 0.216. The summed E-state index contributed by atoms with van der Waals surface area (Å²) in [6.45, 7) is 1.42. The normalized spacial score (nSPS) is 11.5. The lowest BCUT2D eigenvalue weighted by Crippen LogP contribution is -2.19. The van der Waals surface area contributed by atoms with Gasteiger partial charge in [0.05, 0.1) is 26.4 Å². The molecule has 1 atom stereocenters. The van der Waals surface area contributed by atoms with Crippen molar-refractivity contribution in [3.63, 3.8) is 0 Å². The molecule has 5 N–H and O–H groups in total. The number of carbonyl (C=O) groups is 1. The standard InChI is InChI=1S/C4H11NO4.C3H6O3/c6-1-3-8-5-9-4-2-7;1-2(4)3(5)6/h5-7H,1-4H2;2,4H,1H3,(H,5,6). The van der Waals surface area contributed by atoms with Crippen LogP contribution in [-0.4, -0.2) is 58.9 Å². The number of aliphatic carboxylic acids is 1. The highest BCUT2D eigenvalue weighted by molar-refractivity contribution is 5.71. The van der Waals surface area contributed by atoms with Crippen LogP contribution in [0.15, 0.2) is 0 Å². The highest BCUT2D eigenvalue weighted by Crippen LogP contribution is 1.73. The SMILES string of the molecule is CC(O)C(=O)O.OCCONOCCO. The van der Waals surface area contributed by atoms with E-state index < -0.39 is 12.1 Å². The summed E-state index contributed by atoms with van der Waals surface area (Å²) in [6.07, 6.45) is -1.23. The molecule has 0 saturated heterocycles. The summed E-state index contributed by atoms with van der Waals surface area (Å²) in [7, 11) is 0. The Labute approximate surface area is 87.0 Å². The van der Waals surface area contributed by atoms with Crippen LogP contribution in [0.4, 0.5) is 0 Å². The van der Waals surface area contributed by atoms with E-state index in [0.717, 1.165) is 0 Å². The summed E-state index contributed by atoms with van der Waals surface area (Å²) in [5.41, 5.74) is 2.07. The number of carboxylic acids is 1. The van der Waals surface area contributed by atoms with Crippen molar-refractivity contribution < 1.29 is 34.9 Å². The van der Waals surface area contributed by atoms with Crippen molar-refractivity contribution in [2.75, 3.05) is 26.4 Å². The second-order valence-electron chi connectivity index (χ2n) is 2.24. The number of nitrogens with one attached hydrogen (secondary N) is 1. The number of hydrogen-bond acceptors (Lipinski definition) is 7. The number of aliphatic hydroxyl groups is 3. The fourth-order valence-electron chi connectivity index (χ4n) is 0.216. The zero-order chi connectivity index (χ0) is 12.1. The van der Waals surface area contributed by atoms with Gasteiger partial charge in [-0.3, -0.25) is 9.68 Å². The third-order valence-electron chi connectivity index (χ3n) is 0.862. The van der Waals surface area contributed by atoms with Gasteiger partial charge in [-0.15, -0.1) is 0 Å². The highest BCUT2D eigenvalue weighted by Gasteiger charge is 2.01. The molecule has 0 aliphatic heterocycles. The lowest BCUT2D eigenvalue weighted by molar-refractivity contribution is -0.178. The molecule has 0 aliphatic carbocycles. The van der Waals surface area contributed by atoms with Gasteiger partial charge in [0, 0.05) is 0 Å². The zero-order valence-corrected chi connectivity index (χ0v) is 8.42. The highest BCUT2D eigenvalue weighted by atomic mass is 16.9. The predicted molar refractivity (Wildman–Crippen MR) is 48.5 cm³/mol. The first kappa shape index (κ1) is 16.7. The van der Waals surface area contributed by atoms with E-state index in [-0.39, 0.29) is 26.4 Å². The van der Waals surface area contributed by atoms with Crippen molar-refractivity contribution in [1.82, 2.24) is 5.64 Å². The van der Waals surface area contributed by atoms with Crippen molar-refractivity contribution in [2.45, 2.75) is 13.0 Å². The van der Waals surface area contributed by atoms with Crippen LogP contribution in [0.25, 0.3) is 0 Å². The van der Waals surface area contributed by atoms with Crippen LogP contribution in [0, 0.1) is 0 Å². The van der Waals surface area contributed by atoms with Crippen molar-refractivity contribution in [1.29, 1.82) is 0 Å². The maximum Gasteiger partial charge on any atom is 0.332 e. The third kappa shape index (κ3) is 19.6. The molecule has 0 spiro atoms. The Hall–Kier alpha value is -0.770. The van der Waals surface area contributed by atoms with E-state index in [0.29, 0.717) is 0 Å². The van der Waals surface area contributed by atoms with Crippen molar-refractivity contribution >= 4 is 5.97 Å². The molecule has 8 nitrogen and oxygen atoms in total. The van der Waals surface area contributed by atoms with Gasteiger partial charge in [-0.2, -0.15) is 0 Å². The van der Waals surface area contributed by atoms with E-state index in [1.807, 2.05) is 0 Å². The van der Waals surface area contributed by atoms with Crippen LogP contribution >= 0.6 is 0 Å². The van der Waals surface area contributed by atoms with Gasteiger partial charge >= 0.3 is 5.97 Å². The van der Waals surface area contributed by atoms with Gasteiger partial charge in [0.1, 0.15) is 6.10 Å². The summed E-state index contributed by atoms with van der Waals surface area (Å²) < 4.78 is 0. The van der Waals surface area contributed by atoms with Gasteiger partial charge < -0.3 is 20.4 Å². The van der Waals surface area contributed by atoms with E-state index >= 15 is 0 Å². The summed E-state index contributed by atoms with van der Waals surface area (Å²) in [5.74, 6) is -1.19. The monoisotopic (exact) mass is 227 g/mol. The molecule has 15 heavy (non-hydrogen) atoms. The molecular weight excluding hydrogens is 210 g/mol. The molecule has 8 heteroatoms. The van der Waals surface area contributed by atoms with Crippen LogP contribution in [0.2, 0.25) is 0 Å². The van der Waals surface area contributed by atoms with E-state index in [2.05, 4.69) is 15.3 Å². The zero-order valence-electron chi connectivity index (χ0n) is 8.42. The largest absolute Gasteiger partial charge is 0.479 e. The minimum atomic E-state index is -1.23. The van der Waals surface area contributed by atoms with Gasteiger partial charge in [0.25, 0.3) is 0 Å². The molecule has 0 rings (SSSR count).